The standard InChI is InChI=1S/C57H36N4/c1-4-18-38(19-5-1)55-51(56(39-20-6-2-7-21-39)60-57(59-55)43-32-31-37-17-10-11-22-40(37)35-43)41-23-16-24-42(36-41)54-47-33-34-50-53(52(47)45-27-12-14-29-48(45)58-54)46-28-13-15-30-49(46)61(50)44-25-8-3-9-26-44/h1-36H. The van der Waals surface area contributed by atoms with Crippen LogP contribution in [0.3, 0.4) is 0 Å². The normalized spacial score (nSPS) is 11.6. The zero-order chi connectivity index (χ0) is 40.3. The summed E-state index contributed by atoms with van der Waals surface area (Å²) >= 11 is 0. The van der Waals surface area contributed by atoms with Crippen LogP contribution >= 0.6 is 0 Å². The second-order valence-corrected chi connectivity index (χ2v) is 15.5. The quantitative estimate of drug-likeness (QED) is 0.158. The molecule has 0 N–H and O–H groups in total. The first-order valence-electron chi connectivity index (χ1n) is 20.7. The van der Waals surface area contributed by atoms with Gasteiger partial charge in [0.1, 0.15) is 0 Å². The highest BCUT2D eigenvalue weighted by Gasteiger charge is 2.23. The van der Waals surface area contributed by atoms with Crippen molar-refractivity contribution in [2.24, 2.45) is 0 Å². The molecule has 0 aliphatic heterocycles. The van der Waals surface area contributed by atoms with E-state index in [1.165, 1.54) is 32.6 Å². The molecule has 0 saturated heterocycles. The zero-order valence-corrected chi connectivity index (χ0v) is 33.1. The first-order chi connectivity index (χ1) is 30.3. The highest BCUT2D eigenvalue weighted by Crippen LogP contribution is 2.45. The first-order valence-corrected chi connectivity index (χ1v) is 20.7. The van der Waals surface area contributed by atoms with Crippen LogP contribution in [0.1, 0.15) is 0 Å². The van der Waals surface area contributed by atoms with E-state index in [4.69, 9.17) is 15.0 Å². The van der Waals surface area contributed by atoms with E-state index in [0.29, 0.717) is 5.82 Å². The van der Waals surface area contributed by atoms with E-state index in [1.54, 1.807) is 0 Å². The van der Waals surface area contributed by atoms with Gasteiger partial charge in [0, 0.05) is 60.4 Å². The fourth-order valence-corrected chi connectivity index (χ4v) is 9.20. The summed E-state index contributed by atoms with van der Waals surface area (Å²) in [5.74, 6) is 0.684. The average molecular weight is 777 g/mol. The van der Waals surface area contributed by atoms with Crippen LogP contribution < -0.4 is 0 Å². The van der Waals surface area contributed by atoms with Crippen LogP contribution in [-0.4, -0.2) is 19.5 Å². The lowest BCUT2D eigenvalue weighted by Crippen LogP contribution is -2.01. The number of hydrogen-bond acceptors (Lipinski definition) is 3. The summed E-state index contributed by atoms with van der Waals surface area (Å²) in [6.45, 7) is 0. The highest BCUT2D eigenvalue weighted by atomic mass is 15.0. The Hall–Kier alpha value is -8.21. The highest BCUT2D eigenvalue weighted by molar-refractivity contribution is 6.29. The summed E-state index contributed by atoms with van der Waals surface area (Å²) in [6, 6.07) is 77.2. The third-order valence-corrected chi connectivity index (χ3v) is 11.9. The second-order valence-electron chi connectivity index (χ2n) is 15.5. The van der Waals surface area contributed by atoms with Gasteiger partial charge in [-0.2, -0.15) is 0 Å². The van der Waals surface area contributed by atoms with Crippen LogP contribution in [0.4, 0.5) is 0 Å². The van der Waals surface area contributed by atoms with E-state index >= 15 is 0 Å². The van der Waals surface area contributed by atoms with Crippen LogP contribution in [0, 0.1) is 0 Å². The molecule has 0 atom stereocenters. The molecule has 61 heavy (non-hydrogen) atoms. The van der Waals surface area contributed by atoms with Crippen molar-refractivity contribution in [1.82, 2.24) is 19.5 Å². The Kier molecular flexibility index (Phi) is 8.13. The summed E-state index contributed by atoms with van der Waals surface area (Å²) in [4.78, 5) is 16.3. The molecule has 284 valence electrons. The molecule has 12 aromatic rings. The molecule has 0 amide bonds. The third-order valence-electron chi connectivity index (χ3n) is 11.9. The van der Waals surface area contributed by atoms with Crippen LogP contribution in [0.5, 0.6) is 0 Å². The van der Waals surface area contributed by atoms with Gasteiger partial charge in [-0.3, -0.25) is 0 Å². The SMILES string of the molecule is c1ccc(-c2nc(-c3ccc4ccccc4c3)nc(-c3ccccc3)c2-c2cccc(-c3nc4ccccc4c4c3ccc3c4c4ccccc4n3-c3ccccc3)c2)cc1. The van der Waals surface area contributed by atoms with Crippen LogP contribution in [0.15, 0.2) is 218 Å². The van der Waals surface area contributed by atoms with Crippen molar-refractivity contribution in [3.8, 4) is 62.0 Å². The van der Waals surface area contributed by atoms with Crippen molar-refractivity contribution >= 4 is 54.3 Å². The Labute approximate surface area is 352 Å². The molecule has 4 nitrogen and oxygen atoms in total. The summed E-state index contributed by atoms with van der Waals surface area (Å²) in [5.41, 5.74) is 13.2. The molecule has 9 aromatic carbocycles. The maximum absolute atomic E-state index is 5.46. The molecule has 0 saturated carbocycles. The Morgan fingerprint density at radius 2 is 0.918 bits per heavy atom. The van der Waals surface area contributed by atoms with Gasteiger partial charge < -0.3 is 4.57 Å². The van der Waals surface area contributed by atoms with Gasteiger partial charge >= 0.3 is 0 Å². The number of nitrogens with zero attached hydrogens (tertiary/aromatic N) is 4. The predicted molar refractivity (Wildman–Crippen MR) is 254 cm³/mol. The van der Waals surface area contributed by atoms with Gasteiger partial charge in [-0.1, -0.05) is 176 Å². The topological polar surface area (TPSA) is 43.6 Å². The number of para-hydroxylation sites is 3. The Balaban J connectivity index is 1.13. The van der Waals surface area contributed by atoms with E-state index < -0.39 is 0 Å². The molecule has 4 heteroatoms. The number of benzene rings is 9. The van der Waals surface area contributed by atoms with Crippen molar-refractivity contribution in [2.45, 2.75) is 0 Å². The molecule has 12 rings (SSSR count). The van der Waals surface area contributed by atoms with Crippen molar-refractivity contribution < 1.29 is 0 Å². The van der Waals surface area contributed by atoms with E-state index in [1.807, 2.05) is 0 Å². The fourth-order valence-electron chi connectivity index (χ4n) is 9.20. The van der Waals surface area contributed by atoms with E-state index in [0.717, 1.165) is 77.8 Å². The zero-order valence-electron chi connectivity index (χ0n) is 33.1. The number of pyridine rings is 1. The molecule has 0 radical (unpaired) electrons. The summed E-state index contributed by atoms with van der Waals surface area (Å²) in [6.07, 6.45) is 0. The predicted octanol–water partition coefficient (Wildman–Crippen LogP) is 14.8. The molecule has 0 unspecified atom stereocenters. The largest absolute Gasteiger partial charge is 0.309 e. The van der Waals surface area contributed by atoms with Crippen molar-refractivity contribution in [3.05, 3.63) is 218 Å². The lowest BCUT2D eigenvalue weighted by Gasteiger charge is -2.18. The molecule has 3 aromatic heterocycles. The van der Waals surface area contributed by atoms with Crippen molar-refractivity contribution in [3.63, 3.8) is 0 Å². The molecule has 0 fully saturated rings. The fraction of sp³-hybridized carbons (Fsp3) is 0. The van der Waals surface area contributed by atoms with Gasteiger partial charge in [0.25, 0.3) is 0 Å². The molecular weight excluding hydrogens is 741 g/mol. The van der Waals surface area contributed by atoms with E-state index in [9.17, 15) is 0 Å². The Morgan fingerprint density at radius 1 is 0.311 bits per heavy atom. The average Bonchev–Trinajstić information content (AvgIpc) is 3.68. The van der Waals surface area contributed by atoms with Gasteiger partial charge in [0.15, 0.2) is 5.82 Å². The maximum Gasteiger partial charge on any atom is 0.160 e. The summed E-state index contributed by atoms with van der Waals surface area (Å²) in [5, 5.41) is 8.22. The van der Waals surface area contributed by atoms with Crippen LogP contribution in [-0.2, 0) is 0 Å². The van der Waals surface area contributed by atoms with Crippen LogP contribution in [0.25, 0.3) is 116 Å². The minimum absolute atomic E-state index is 0.684. The molecule has 0 aliphatic rings. The van der Waals surface area contributed by atoms with E-state index in [2.05, 4.69) is 223 Å². The molecule has 3 heterocycles. The maximum atomic E-state index is 5.46. The third kappa shape index (κ3) is 5.80. The Bertz CT molecular complexity index is 3570. The minimum atomic E-state index is 0.684. The van der Waals surface area contributed by atoms with Crippen molar-refractivity contribution in [2.75, 3.05) is 0 Å². The van der Waals surface area contributed by atoms with Crippen molar-refractivity contribution in [1.29, 1.82) is 0 Å². The van der Waals surface area contributed by atoms with Gasteiger partial charge in [-0.25, -0.2) is 15.0 Å². The number of rotatable bonds is 6. The van der Waals surface area contributed by atoms with Gasteiger partial charge in [0.2, 0.25) is 0 Å². The lowest BCUT2D eigenvalue weighted by atomic mass is 9.91. The van der Waals surface area contributed by atoms with Gasteiger partial charge in [0.05, 0.1) is 33.6 Å². The van der Waals surface area contributed by atoms with Gasteiger partial charge in [-0.15, -0.1) is 0 Å². The molecular formula is C57H36N4. The second kappa shape index (κ2) is 14.3. The van der Waals surface area contributed by atoms with E-state index in [-0.39, 0.29) is 0 Å². The molecule has 0 aliphatic carbocycles. The number of fused-ring (bicyclic) bond motifs is 8. The monoisotopic (exact) mass is 776 g/mol. The first kappa shape index (κ1) is 34.8. The van der Waals surface area contributed by atoms with Gasteiger partial charge in [-0.05, 0) is 58.8 Å². The minimum Gasteiger partial charge on any atom is -0.309 e. The summed E-state index contributed by atoms with van der Waals surface area (Å²) in [7, 11) is 0. The molecule has 0 bridgehead atoms. The Morgan fingerprint density at radius 3 is 1.67 bits per heavy atom. The lowest BCUT2D eigenvalue weighted by molar-refractivity contribution is 1.18. The van der Waals surface area contributed by atoms with Crippen LogP contribution in [0.2, 0.25) is 0 Å². The smallest absolute Gasteiger partial charge is 0.160 e. The summed E-state index contributed by atoms with van der Waals surface area (Å²) < 4.78 is 2.39. The molecule has 0 spiro atoms. The number of hydrogen-bond donors (Lipinski definition) is 0. The number of aromatic nitrogens is 4.